The van der Waals surface area contributed by atoms with Crippen molar-refractivity contribution in [2.45, 2.75) is 97.1 Å². The largest absolute Gasteiger partial charge is 0.346 e. The average Bonchev–Trinajstić information content (AvgIpc) is 2.73. The normalized spacial score (nSPS) is 20.0. The molecule has 1 fully saturated rings. The number of ketones is 1. The maximum absolute atomic E-state index is 12.5. The third-order valence-corrected chi connectivity index (χ3v) is 5.92. The van der Waals surface area contributed by atoms with E-state index >= 15 is 0 Å². The first-order chi connectivity index (χ1) is 14.4. The molecule has 30 heavy (non-hydrogen) atoms. The maximum atomic E-state index is 12.5. The fourth-order valence-corrected chi connectivity index (χ4v) is 4.06. The standard InChI is InChI=1S/C23H44N4O3/c1-4-5-6-7-8-9-10-18-12-14-25-20(15-18)23(30)26-16-21(28)27-19(11-13-24)22(29)17(2)3/h17-20,25H,4-16,24H2,1-3H3,(H,26,30)(H,27,28). The van der Waals surface area contributed by atoms with Crippen LogP contribution in [0.15, 0.2) is 0 Å². The van der Waals surface area contributed by atoms with Crippen LogP contribution >= 0.6 is 0 Å². The molecule has 3 atom stereocenters. The van der Waals surface area contributed by atoms with Crippen LogP contribution < -0.4 is 21.7 Å². The van der Waals surface area contributed by atoms with Crippen LogP contribution in [0.1, 0.15) is 85.0 Å². The lowest BCUT2D eigenvalue weighted by molar-refractivity contribution is -0.130. The summed E-state index contributed by atoms with van der Waals surface area (Å²) in [4.78, 5) is 36.9. The van der Waals surface area contributed by atoms with Crippen LogP contribution in [0.3, 0.4) is 0 Å². The number of carbonyl (C=O) groups is 3. The molecule has 1 heterocycles. The zero-order valence-electron chi connectivity index (χ0n) is 19.3. The van der Waals surface area contributed by atoms with Crippen molar-refractivity contribution in [2.75, 3.05) is 19.6 Å². The van der Waals surface area contributed by atoms with Gasteiger partial charge < -0.3 is 21.7 Å². The summed E-state index contributed by atoms with van der Waals surface area (Å²) >= 11 is 0. The summed E-state index contributed by atoms with van der Waals surface area (Å²) < 4.78 is 0. The lowest BCUT2D eigenvalue weighted by Crippen LogP contribution is -2.52. The van der Waals surface area contributed by atoms with Crippen molar-refractivity contribution in [3.05, 3.63) is 0 Å². The highest BCUT2D eigenvalue weighted by atomic mass is 16.2. The molecule has 7 nitrogen and oxygen atoms in total. The number of hydrogen-bond acceptors (Lipinski definition) is 5. The van der Waals surface area contributed by atoms with Crippen LogP contribution in [0.25, 0.3) is 0 Å². The second kappa shape index (κ2) is 15.3. The van der Waals surface area contributed by atoms with Gasteiger partial charge in [-0.15, -0.1) is 0 Å². The van der Waals surface area contributed by atoms with E-state index < -0.39 is 6.04 Å². The predicted octanol–water partition coefficient (Wildman–Crippen LogP) is 2.28. The lowest BCUT2D eigenvalue weighted by atomic mass is 9.87. The van der Waals surface area contributed by atoms with Gasteiger partial charge in [-0.2, -0.15) is 0 Å². The van der Waals surface area contributed by atoms with Crippen LogP contribution in [0.5, 0.6) is 0 Å². The SMILES string of the molecule is CCCCCCCCC1CCNC(C(=O)NCC(=O)NC(CCN)C(=O)C(C)C)C1. The predicted molar refractivity (Wildman–Crippen MR) is 121 cm³/mol. The number of unbranched alkanes of at least 4 members (excludes halogenated alkanes) is 5. The van der Waals surface area contributed by atoms with Gasteiger partial charge in [0.25, 0.3) is 0 Å². The summed E-state index contributed by atoms with van der Waals surface area (Å²) in [6, 6.07) is -0.831. The van der Waals surface area contributed by atoms with E-state index in [1.54, 1.807) is 13.8 Å². The van der Waals surface area contributed by atoms with Gasteiger partial charge in [-0.3, -0.25) is 14.4 Å². The van der Waals surface area contributed by atoms with Gasteiger partial charge in [0, 0.05) is 5.92 Å². The van der Waals surface area contributed by atoms with E-state index in [9.17, 15) is 14.4 Å². The number of amides is 2. The molecule has 3 unspecified atom stereocenters. The Labute approximate surface area is 182 Å². The van der Waals surface area contributed by atoms with E-state index in [1.165, 1.54) is 44.9 Å². The van der Waals surface area contributed by atoms with E-state index in [-0.39, 0.29) is 36.1 Å². The Balaban J connectivity index is 2.33. The van der Waals surface area contributed by atoms with Crippen molar-refractivity contribution >= 4 is 17.6 Å². The fraction of sp³-hybridized carbons (Fsp3) is 0.870. The zero-order chi connectivity index (χ0) is 22.4. The molecule has 1 saturated heterocycles. The molecule has 7 heteroatoms. The molecule has 1 aliphatic heterocycles. The van der Waals surface area contributed by atoms with Crippen molar-refractivity contribution in [3.63, 3.8) is 0 Å². The number of rotatable bonds is 15. The van der Waals surface area contributed by atoms with E-state index in [0.717, 1.165) is 19.4 Å². The molecule has 2 amide bonds. The Hall–Kier alpha value is -1.47. The first kappa shape index (κ1) is 26.6. The van der Waals surface area contributed by atoms with Gasteiger partial charge in [-0.05, 0) is 38.3 Å². The summed E-state index contributed by atoms with van der Waals surface area (Å²) in [7, 11) is 0. The van der Waals surface area contributed by atoms with Crippen LogP contribution in [-0.2, 0) is 14.4 Å². The van der Waals surface area contributed by atoms with E-state index in [0.29, 0.717) is 18.9 Å². The van der Waals surface area contributed by atoms with Gasteiger partial charge >= 0.3 is 0 Å². The quantitative estimate of drug-likeness (QED) is 0.301. The number of carbonyl (C=O) groups excluding carboxylic acids is 3. The molecule has 1 aliphatic rings. The summed E-state index contributed by atoms with van der Waals surface area (Å²) in [5.74, 6) is -0.128. The van der Waals surface area contributed by atoms with Gasteiger partial charge in [0.2, 0.25) is 11.8 Å². The third kappa shape index (κ3) is 10.5. The molecule has 0 aromatic rings. The monoisotopic (exact) mass is 424 g/mol. The molecule has 0 aromatic carbocycles. The molecule has 0 radical (unpaired) electrons. The molecule has 0 spiro atoms. The Morgan fingerprint density at radius 3 is 2.47 bits per heavy atom. The summed E-state index contributed by atoms with van der Waals surface area (Å²) in [6.07, 6.45) is 11.2. The van der Waals surface area contributed by atoms with Crippen LogP contribution in [0, 0.1) is 11.8 Å². The van der Waals surface area contributed by atoms with E-state index in [2.05, 4.69) is 22.9 Å². The van der Waals surface area contributed by atoms with Crippen LogP contribution in [0.2, 0.25) is 0 Å². The van der Waals surface area contributed by atoms with Gasteiger partial charge in [0.1, 0.15) is 0 Å². The first-order valence-electron chi connectivity index (χ1n) is 11.9. The highest BCUT2D eigenvalue weighted by molar-refractivity contribution is 5.92. The number of hydrogen-bond donors (Lipinski definition) is 4. The first-order valence-corrected chi connectivity index (χ1v) is 11.9. The molecular formula is C23H44N4O3. The van der Waals surface area contributed by atoms with E-state index in [4.69, 9.17) is 5.73 Å². The van der Waals surface area contributed by atoms with Crippen LogP contribution in [0.4, 0.5) is 0 Å². The maximum Gasteiger partial charge on any atom is 0.239 e. The van der Waals surface area contributed by atoms with Gasteiger partial charge in [-0.1, -0.05) is 65.7 Å². The van der Waals surface area contributed by atoms with Gasteiger partial charge in [0.15, 0.2) is 5.78 Å². The zero-order valence-corrected chi connectivity index (χ0v) is 19.3. The number of nitrogens with one attached hydrogen (secondary N) is 3. The molecule has 0 aliphatic carbocycles. The van der Waals surface area contributed by atoms with Crippen molar-refractivity contribution in [3.8, 4) is 0 Å². The summed E-state index contributed by atoms with van der Waals surface area (Å²) in [6.45, 7) is 6.87. The number of nitrogens with two attached hydrogens (primary N) is 1. The highest BCUT2D eigenvalue weighted by Crippen LogP contribution is 2.23. The number of piperidine rings is 1. The van der Waals surface area contributed by atoms with Gasteiger partial charge in [-0.25, -0.2) is 0 Å². The minimum atomic E-state index is -0.589. The molecule has 5 N–H and O–H groups in total. The molecule has 1 rings (SSSR count). The van der Waals surface area contributed by atoms with E-state index in [1.807, 2.05) is 0 Å². The summed E-state index contributed by atoms with van der Waals surface area (Å²) in [5, 5.41) is 8.70. The van der Waals surface area contributed by atoms with Crippen molar-refractivity contribution in [2.24, 2.45) is 17.6 Å². The molecule has 174 valence electrons. The smallest absolute Gasteiger partial charge is 0.239 e. The molecule has 0 aromatic heterocycles. The fourth-order valence-electron chi connectivity index (χ4n) is 4.06. The minimum absolute atomic E-state index is 0.0355. The third-order valence-electron chi connectivity index (χ3n) is 5.92. The topological polar surface area (TPSA) is 113 Å². The number of Topliss-reactive ketones (excluding diaryl/α,β-unsaturated/α-hetero) is 1. The molecule has 0 bridgehead atoms. The summed E-state index contributed by atoms with van der Waals surface area (Å²) in [5.41, 5.74) is 5.56. The van der Waals surface area contributed by atoms with Crippen molar-refractivity contribution < 1.29 is 14.4 Å². The minimum Gasteiger partial charge on any atom is -0.346 e. The van der Waals surface area contributed by atoms with Crippen molar-refractivity contribution in [1.82, 2.24) is 16.0 Å². The molecule has 0 saturated carbocycles. The Bertz CT molecular complexity index is 525. The lowest BCUT2D eigenvalue weighted by Gasteiger charge is -2.29. The molecular weight excluding hydrogens is 380 g/mol. The second-order valence-electron chi connectivity index (χ2n) is 8.93. The average molecular weight is 425 g/mol. The second-order valence-corrected chi connectivity index (χ2v) is 8.93. The Morgan fingerprint density at radius 2 is 1.80 bits per heavy atom. The van der Waals surface area contributed by atoms with Crippen LogP contribution in [-0.4, -0.2) is 49.3 Å². The Kier molecular flexibility index (Phi) is 13.6. The highest BCUT2D eigenvalue weighted by Gasteiger charge is 2.27. The van der Waals surface area contributed by atoms with Crippen molar-refractivity contribution in [1.29, 1.82) is 0 Å². The van der Waals surface area contributed by atoms with Gasteiger partial charge in [0.05, 0.1) is 18.6 Å². The Morgan fingerprint density at radius 1 is 1.10 bits per heavy atom.